The lowest BCUT2D eigenvalue weighted by molar-refractivity contribution is -0.118. The van der Waals surface area contributed by atoms with E-state index in [-0.39, 0.29) is 23.1 Å². The number of carbonyl (C=O) groups is 2. The van der Waals surface area contributed by atoms with Crippen LogP contribution in [0.15, 0.2) is 29.2 Å². The molecule has 1 aromatic rings. The Morgan fingerprint density at radius 1 is 1.04 bits per heavy atom. The van der Waals surface area contributed by atoms with Gasteiger partial charge in [-0.15, -0.1) is 0 Å². The van der Waals surface area contributed by atoms with E-state index in [1.165, 1.54) is 12.1 Å². The number of benzene rings is 1. The molecule has 0 radical (unpaired) electrons. The summed E-state index contributed by atoms with van der Waals surface area (Å²) in [5, 5.41) is 2.76. The van der Waals surface area contributed by atoms with Crippen LogP contribution < -0.4 is 10.0 Å². The SMILES string of the molecule is CCC(=O)Cc1ccc(S(=O)(=O)NC(=O)NC2CCCCCC2)cc1. The van der Waals surface area contributed by atoms with Gasteiger partial charge in [-0.05, 0) is 30.5 Å². The molecule has 138 valence electrons. The fraction of sp³-hybridized carbons (Fsp3) is 0.556. The fourth-order valence-corrected chi connectivity index (χ4v) is 3.87. The van der Waals surface area contributed by atoms with E-state index in [4.69, 9.17) is 0 Å². The highest BCUT2D eigenvalue weighted by molar-refractivity contribution is 7.90. The first-order chi connectivity index (χ1) is 11.9. The fourth-order valence-electron chi connectivity index (χ4n) is 2.96. The largest absolute Gasteiger partial charge is 0.335 e. The Morgan fingerprint density at radius 2 is 1.64 bits per heavy atom. The van der Waals surface area contributed by atoms with E-state index in [1.807, 2.05) is 0 Å². The number of hydrogen-bond acceptors (Lipinski definition) is 4. The minimum absolute atomic E-state index is 0.0104. The van der Waals surface area contributed by atoms with Crippen molar-refractivity contribution in [1.82, 2.24) is 10.0 Å². The zero-order chi connectivity index (χ0) is 18.3. The van der Waals surface area contributed by atoms with Crippen molar-refractivity contribution in [3.05, 3.63) is 29.8 Å². The normalized spacial score (nSPS) is 16.0. The minimum Gasteiger partial charge on any atom is -0.335 e. The Hall–Kier alpha value is -1.89. The molecule has 0 saturated heterocycles. The summed E-state index contributed by atoms with van der Waals surface area (Å²) < 4.78 is 26.7. The summed E-state index contributed by atoms with van der Waals surface area (Å²) in [6.07, 6.45) is 6.91. The van der Waals surface area contributed by atoms with Crippen molar-refractivity contribution in [2.75, 3.05) is 0 Å². The molecule has 25 heavy (non-hydrogen) atoms. The molecular weight excluding hydrogens is 340 g/mol. The summed E-state index contributed by atoms with van der Waals surface area (Å²) in [5.74, 6) is 0.0940. The highest BCUT2D eigenvalue weighted by atomic mass is 32.2. The maximum atomic E-state index is 12.3. The minimum atomic E-state index is -3.92. The Balaban J connectivity index is 1.95. The lowest BCUT2D eigenvalue weighted by atomic mass is 10.1. The van der Waals surface area contributed by atoms with E-state index in [9.17, 15) is 18.0 Å². The van der Waals surface area contributed by atoms with Crippen LogP contribution in [0.4, 0.5) is 4.79 Å². The zero-order valence-electron chi connectivity index (χ0n) is 14.6. The van der Waals surface area contributed by atoms with Gasteiger partial charge in [0.25, 0.3) is 10.0 Å². The first kappa shape index (κ1) is 19.4. The van der Waals surface area contributed by atoms with Gasteiger partial charge < -0.3 is 5.32 Å². The number of sulfonamides is 1. The monoisotopic (exact) mass is 366 g/mol. The quantitative estimate of drug-likeness (QED) is 0.757. The molecule has 0 aliphatic heterocycles. The third-order valence-corrected chi connectivity index (χ3v) is 5.79. The van der Waals surface area contributed by atoms with Gasteiger partial charge in [-0.3, -0.25) is 4.79 Å². The van der Waals surface area contributed by atoms with E-state index >= 15 is 0 Å². The van der Waals surface area contributed by atoms with Crippen molar-refractivity contribution < 1.29 is 18.0 Å². The number of carbonyl (C=O) groups excluding carboxylic acids is 2. The predicted molar refractivity (Wildman–Crippen MR) is 95.8 cm³/mol. The molecule has 1 fully saturated rings. The number of ketones is 1. The first-order valence-corrected chi connectivity index (χ1v) is 10.3. The van der Waals surface area contributed by atoms with E-state index in [0.29, 0.717) is 6.42 Å². The molecular formula is C18H26N2O4S. The maximum Gasteiger partial charge on any atom is 0.328 e. The molecule has 1 aromatic carbocycles. The number of amides is 2. The summed E-state index contributed by atoms with van der Waals surface area (Å²) in [6, 6.07) is 5.38. The van der Waals surface area contributed by atoms with Crippen LogP contribution in [0.5, 0.6) is 0 Å². The number of Topliss-reactive ketones (excluding diaryl/α,β-unsaturated/α-hetero) is 1. The molecule has 0 unspecified atom stereocenters. The van der Waals surface area contributed by atoms with Crippen LogP contribution in [0.1, 0.15) is 57.4 Å². The Bertz CT molecular complexity index is 690. The highest BCUT2D eigenvalue weighted by Gasteiger charge is 2.20. The Labute approximate surface area is 149 Å². The maximum absolute atomic E-state index is 12.3. The smallest absolute Gasteiger partial charge is 0.328 e. The molecule has 6 nitrogen and oxygen atoms in total. The van der Waals surface area contributed by atoms with Crippen LogP contribution in [-0.2, 0) is 21.2 Å². The van der Waals surface area contributed by atoms with Crippen molar-refractivity contribution in [3.8, 4) is 0 Å². The van der Waals surface area contributed by atoms with Crippen LogP contribution in [0.2, 0.25) is 0 Å². The van der Waals surface area contributed by atoms with Crippen molar-refractivity contribution >= 4 is 21.8 Å². The summed E-state index contributed by atoms with van der Waals surface area (Å²) in [7, 11) is -3.92. The standard InChI is InChI=1S/C18H26N2O4S/c1-2-16(21)13-14-9-11-17(12-10-14)25(23,24)20-18(22)19-15-7-5-3-4-6-8-15/h9-12,15H,2-8,13H2,1H3,(H2,19,20,22). The van der Waals surface area contributed by atoms with Gasteiger partial charge in [-0.1, -0.05) is 44.7 Å². The molecule has 2 N–H and O–H groups in total. The van der Waals surface area contributed by atoms with Crippen LogP contribution in [0, 0.1) is 0 Å². The van der Waals surface area contributed by atoms with Crippen LogP contribution in [0.3, 0.4) is 0 Å². The molecule has 0 spiro atoms. The molecule has 2 amide bonds. The lowest BCUT2D eigenvalue weighted by Crippen LogP contribution is -2.44. The van der Waals surface area contributed by atoms with Crippen molar-refractivity contribution in [3.63, 3.8) is 0 Å². The van der Waals surface area contributed by atoms with E-state index in [1.54, 1.807) is 19.1 Å². The molecule has 1 aliphatic carbocycles. The molecule has 0 bridgehead atoms. The van der Waals surface area contributed by atoms with Crippen molar-refractivity contribution in [2.24, 2.45) is 0 Å². The third kappa shape index (κ3) is 6.16. The lowest BCUT2D eigenvalue weighted by Gasteiger charge is -2.16. The highest BCUT2D eigenvalue weighted by Crippen LogP contribution is 2.17. The average molecular weight is 366 g/mol. The molecule has 1 saturated carbocycles. The van der Waals surface area contributed by atoms with Crippen LogP contribution in [0.25, 0.3) is 0 Å². The molecule has 1 aliphatic rings. The van der Waals surface area contributed by atoms with Gasteiger partial charge in [0, 0.05) is 18.9 Å². The van der Waals surface area contributed by atoms with Crippen LogP contribution >= 0.6 is 0 Å². The van der Waals surface area contributed by atoms with Crippen molar-refractivity contribution in [2.45, 2.75) is 69.2 Å². The average Bonchev–Trinajstić information content (AvgIpc) is 2.83. The second-order valence-electron chi connectivity index (χ2n) is 6.48. The summed E-state index contributed by atoms with van der Waals surface area (Å²) in [6.45, 7) is 1.79. The predicted octanol–water partition coefficient (Wildman–Crippen LogP) is 2.92. The van der Waals surface area contributed by atoms with Gasteiger partial charge in [0.1, 0.15) is 5.78 Å². The first-order valence-electron chi connectivity index (χ1n) is 8.84. The summed E-state index contributed by atoms with van der Waals surface area (Å²) >= 11 is 0. The molecule has 0 heterocycles. The Kier molecular flexibility index (Phi) is 6.99. The van der Waals surface area contributed by atoms with Crippen LogP contribution in [-0.4, -0.2) is 26.3 Å². The number of rotatable bonds is 6. The van der Waals surface area contributed by atoms with Crippen molar-refractivity contribution in [1.29, 1.82) is 0 Å². The summed E-state index contributed by atoms with van der Waals surface area (Å²) in [5.41, 5.74) is 0.758. The van der Waals surface area contributed by atoms with E-state index in [0.717, 1.165) is 44.1 Å². The topological polar surface area (TPSA) is 92.3 Å². The van der Waals surface area contributed by atoms with Gasteiger partial charge in [-0.25, -0.2) is 17.9 Å². The van der Waals surface area contributed by atoms with Gasteiger partial charge in [0.2, 0.25) is 0 Å². The second-order valence-corrected chi connectivity index (χ2v) is 8.16. The van der Waals surface area contributed by atoms with E-state index < -0.39 is 16.1 Å². The van der Waals surface area contributed by atoms with Gasteiger partial charge >= 0.3 is 6.03 Å². The zero-order valence-corrected chi connectivity index (χ0v) is 15.4. The van der Waals surface area contributed by atoms with Gasteiger partial charge in [-0.2, -0.15) is 0 Å². The number of urea groups is 1. The molecule has 0 atom stereocenters. The molecule has 2 rings (SSSR count). The number of nitrogens with one attached hydrogen (secondary N) is 2. The third-order valence-electron chi connectivity index (χ3n) is 4.45. The second kappa shape index (κ2) is 8.99. The molecule has 0 aromatic heterocycles. The molecule has 7 heteroatoms. The van der Waals surface area contributed by atoms with Gasteiger partial charge in [0.05, 0.1) is 4.90 Å². The number of hydrogen-bond donors (Lipinski definition) is 2. The van der Waals surface area contributed by atoms with E-state index in [2.05, 4.69) is 10.0 Å². The van der Waals surface area contributed by atoms with Gasteiger partial charge in [0.15, 0.2) is 0 Å². The Morgan fingerprint density at radius 3 is 2.20 bits per heavy atom. The summed E-state index contributed by atoms with van der Waals surface area (Å²) in [4.78, 5) is 23.5.